The van der Waals surface area contributed by atoms with Gasteiger partial charge in [0, 0.05) is 37.7 Å². The van der Waals surface area contributed by atoms with Crippen molar-refractivity contribution in [1.82, 2.24) is 10.3 Å². The number of nitrogens with one attached hydrogen (secondary N) is 1. The molecule has 1 fully saturated rings. The predicted molar refractivity (Wildman–Crippen MR) is 118 cm³/mol. The Morgan fingerprint density at radius 1 is 1.25 bits per heavy atom. The summed E-state index contributed by atoms with van der Waals surface area (Å²) in [5.41, 5.74) is 11.4. The Balaban J connectivity index is 1.62. The van der Waals surface area contributed by atoms with Crippen molar-refractivity contribution in [3.8, 4) is 6.07 Å². The van der Waals surface area contributed by atoms with Gasteiger partial charge in [0.25, 0.3) is 0 Å². The molecule has 0 atom stereocenters. The summed E-state index contributed by atoms with van der Waals surface area (Å²) >= 11 is 10.8. The summed E-state index contributed by atoms with van der Waals surface area (Å²) in [6, 6.07) is 16.0. The summed E-state index contributed by atoms with van der Waals surface area (Å²) in [5.74, 6) is 0. The number of halogens is 1. The van der Waals surface area contributed by atoms with E-state index in [9.17, 15) is 5.26 Å². The van der Waals surface area contributed by atoms with Gasteiger partial charge in [-0.15, -0.1) is 0 Å². The second-order valence-corrected chi connectivity index (χ2v) is 7.39. The van der Waals surface area contributed by atoms with Crippen LogP contribution in [0.2, 0.25) is 5.02 Å². The van der Waals surface area contributed by atoms with Crippen molar-refractivity contribution < 1.29 is 0 Å². The van der Waals surface area contributed by atoms with E-state index in [1.54, 1.807) is 6.21 Å². The average Bonchev–Trinajstić information content (AvgIpc) is 2.68. The lowest BCUT2D eigenvalue weighted by molar-refractivity contribution is 0.250. The standard InChI is InChI=1S/C20H21ClN6S/c21-18-3-1-2-16(11-18)14-26-6-8-27(9-7-26)19-5-4-15(10-17(19)12-22)13-24-25-20(23)28/h1-5,10-11,13H,6-9,14H2,(H3,23,25,28). The molecule has 2 aromatic rings. The van der Waals surface area contributed by atoms with Gasteiger partial charge in [-0.05, 0) is 47.6 Å². The molecular weight excluding hydrogens is 392 g/mol. The molecule has 0 unspecified atom stereocenters. The molecule has 0 aliphatic carbocycles. The fourth-order valence-corrected chi connectivity index (χ4v) is 3.48. The number of hydrazone groups is 1. The van der Waals surface area contributed by atoms with Crippen LogP contribution in [0.4, 0.5) is 5.69 Å². The van der Waals surface area contributed by atoms with Gasteiger partial charge in [0.15, 0.2) is 5.11 Å². The Hall–Kier alpha value is -2.66. The number of nitrogens with two attached hydrogens (primary N) is 1. The van der Waals surface area contributed by atoms with Crippen molar-refractivity contribution in [2.45, 2.75) is 6.54 Å². The Kier molecular flexibility index (Phi) is 6.82. The number of benzene rings is 2. The molecule has 2 aromatic carbocycles. The molecule has 0 bridgehead atoms. The molecule has 6 nitrogen and oxygen atoms in total. The summed E-state index contributed by atoms with van der Waals surface area (Å²) in [4.78, 5) is 4.65. The normalized spacial score (nSPS) is 14.8. The molecule has 8 heteroatoms. The van der Waals surface area contributed by atoms with E-state index in [2.05, 4.69) is 32.5 Å². The third-order valence-electron chi connectivity index (χ3n) is 4.54. The van der Waals surface area contributed by atoms with Gasteiger partial charge >= 0.3 is 0 Å². The van der Waals surface area contributed by atoms with Crippen LogP contribution < -0.4 is 16.1 Å². The molecule has 1 saturated heterocycles. The van der Waals surface area contributed by atoms with Crippen molar-refractivity contribution in [2.24, 2.45) is 10.8 Å². The Labute approximate surface area is 175 Å². The first kappa shape index (κ1) is 20.1. The quantitative estimate of drug-likeness (QED) is 0.446. The highest BCUT2D eigenvalue weighted by atomic mass is 35.5. The fraction of sp³-hybridized carbons (Fsp3) is 0.250. The van der Waals surface area contributed by atoms with Gasteiger partial charge in [0.2, 0.25) is 0 Å². The van der Waals surface area contributed by atoms with E-state index in [0.717, 1.165) is 49.0 Å². The van der Waals surface area contributed by atoms with Crippen LogP contribution in [0.15, 0.2) is 47.6 Å². The van der Waals surface area contributed by atoms with E-state index < -0.39 is 0 Å². The summed E-state index contributed by atoms with van der Waals surface area (Å²) in [6.07, 6.45) is 1.59. The lowest BCUT2D eigenvalue weighted by Gasteiger charge is -2.36. The number of nitriles is 1. The molecule has 3 N–H and O–H groups in total. The molecule has 0 amide bonds. The third kappa shape index (κ3) is 5.42. The van der Waals surface area contributed by atoms with Crippen LogP contribution in [0.3, 0.4) is 0 Å². The lowest BCUT2D eigenvalue weighted by atomic mass is 10.1. The topological polar surface area (TPSA) is 80.7 Å². The van der Waals surface area contributed by atoms with Crippen molar-refractivity contribution in [2.75, 3.05) is 31.1 Å². The first-order valence-corrected chi connectivity index (χ1v) is 9.68. The zero-order valence-corrected chi connectivity index (χ0v) is 16.9. The van der Waals surface area contributed by atoms with Crippen molar-refractivity contribution in [3.63, 3.8) is 0 Å². The molecule has 0 saturated carbocycles. The maximum atomic E-state index is 9.56. The smallest absolute Gasteiger partial charge is 0.184 e. The summed E-state index contributed by atoms with van der Waals surface area (Å²) in [7, 11) is 0. The highest BCUT2D eigenvalue weighted by Crippen LogP contribution is 2.23. The van der Waals surface area contributed by atoms with Gasteiger partial charge in [0.1, 0.15) is 6.07 Å². The molecule has 1 aliphatic heterocycles. The Bertz CT molecular complexity index is 915. The minimum absolute atomic E-state index is 0.101. The number of anilines is 1. The first-order chi connectivity index (χ1) is 13.5. The van der Waals surface area contributed by atoms with Gasteiger partial charge in [-0.25, -0.2) is 0 Å². The van der Waals surface area contributed by atoms with Gasteiger partial charge < -0.3 is 10.6 Å². The van der Waals surface area contributed by atoms with Crippen molar-refractivity contribution in [3.05, 3.63) is 64.2 Å². The lowest BCUT2D eigenvalue weighted by Crippen LogP contribution is -2.46. The average molecular weight is 413 g/mol. The zero-order chi connectivity index (χ0) is 19.9. The van der Waals surface area contributed by atoms with Crippen LogP contribution in [0, 0.1) is 11.3 Å². The van der Waals surface area contributed by atoms with Crippen molar-refractivity contribution >= 4 is 40.8 Å². The molecule has 1 aliphatic rings. The van der Waals surface area contributed by atoms with Crippen LogP contribution in [0.5, 0.6) is 0 Å². The first-order valence-electron chi connectivity index (χ1n) is 8.89. The highest BCUT2D eigenvalue weighted by molar-refractivity contribution is 7.80. The minimum atomic E-state index is 0.101. The number of nitrogens with zero attached hydrogens (tertiary/aromatic N) is 4. The summed E-state index contributed by atoms with van der Waals surface area (Å²) in [6.45, 7) is 4.47. The number of thiocarbonyl (C=S) groups is 1. The molecule has 144 valence electrons. The molecule has 0 aromatic heterocycles. The van der Waals surface area contributed by atoms with Crippen LogP contribution in [0.1, 0.15) is 16.7 Å². The van der Waals surface area contributed by atoms with E-state index in [0.29, 0.717) is 5.56 Å². The molecule has 0 radical (unpaired) electrons. The summed E-state index contributed by atoms with van der Waals surface area (Å²) < 4.78 is 0. The van der Waals surface area contributed by atoms with Gasteiger partial charge in [-0.3, -0.25) is 10.3 Å². The monoisotopic (exact) mass is 412 g/mol. The van der Waals surface area contributed by atoms with Crippen LogP contribution in [-0.4, -0.2) is 42.4 Å². The number of rotatable bonds is 5. The highest BCUT2D eigenvalue weighted by Gasteiger charge is 2.19. The summed E-state index contributed by atoms with van der Waals surface area (Å²) in [5, 5.41) is 14.4. The number of hydrogen-bond donors (Lipinski definition) is 2. The zero-order valence-electron chi connectivity index (χ0n) is 15.3. The molecular formula is C20H21ClN6S. The van der Waals surface area contributed by atoms with Gasteiger partial charge in [-0.2, -0.15) is 10.4 Å². The molecule has 0 spiro atoms. The van der Waals surface area contributed by atoms with Gasteiger partial charge in [-0.1, -0.05) is 29.8 Å². The Morgan fingerprint density at radius 2 is 2.04 bits per heavy atom. The van der Waals surface area contributed by atoms with E-state index in [1.807, 2.05) is 36.4 Å². The maximum absolute atomic E-state index is 9.56. The molecule has 3 rings (SSSR count). The van der Waals surface area contributed by atoms with Crippen LogP contribution in [-0.2, 0) is 6.54 Å². The molecule has 1 heterocycles. The number of piperazine rings is 1. The van der Waals surface area contributed by atoms with E-state index in [-0.39, 0.29) is 5.11 Å². The van der Waals surface area contributed by atoms with E-state index in [1.165, 1.54) is 5.56 Å². The largest absolute Gasteiger partial charge is 0.375 e. The van der Waals surface area contributed by atoms with Crippen molar-refractivity contribution in [1.29, 1.82) is 5.26 Å². The van der Waals surface area contributed by atoms with E-state index in [4.69, 9.17) is 29.6 Å². The van der Waals surface area contributed by atoms with E-state index >= 15 is 0 Å². The molecule has 28 heavy (non-hydrogen) atoms. The third-order valence-corrected chi connectivity index (χ3v) is 4.86. The van der Waals surface area contributed by atoms with Gasteiger partial charge in [0.05, 0.1) is 17.5 Å². The minimum Gasteiger partial charge on any atom is -0.375 e. The SMILES string of the molecule is N#Cc1cc(C=NNC(N)=S)ccc1N1CCN(Cc2cccc(Cl)c2)CC1. The fourth-order valence-electron chi connectivity index (χ4n) is 3.21. The second kappa shape index (κ2) is 9.51. The number of hydrogen-bond acceptors (Lipinski definition) is 5. The second-order valence-electron chi connectivity index (χ2n) is 6.52. The maximum Gasteiger partial charge on any atom is 0.184 e. The van der Waals surface area contributed by atoms with Crippen LogP contribution in [0.25, 0.3) is 0 Å². The Morgan fingerprint density at radius 3 is 2.71 bits per heavy atom. The van der Waals surface area contributed by atoms with Crippen LogP contribution >= 0.6 is 23.8 Å². The predicted octanol–water partition coefficient (Wildman–Crippen LogP) is 2.70.